The Balaban J connectivity index is 2.39. The van der Waals surface area contributed by atoms with E-state index in [1.54, 1.807) is 6.92 Å². The van der Waals surface area contributed by atoms with Gasteiger partial charge >= 0.3 is 0 Å². The molecule has 2 unspecified atom stereocenters. The fourth-order valence-electron chi connectivity index (χ4n) is 1.44. The van der Waals surface area contributed by atoms with Crippen molar-refractivity contribution in [2.45, 2.75) is 38.8 Å². The number of hydrogen-bond donors (Lipinski definition) is 2. The Morgan fingerprint density at radius 1 is 1.25 bits per heavy atom. The Kier molecular flexibility index (Phi) is 5.29. The molecule has 0 amide bonds. The maximum atomic E-state index is 9.08. The van der Waals surface area contributed by atoms with Crippen molar-refractivity contribution in [1.29, 1.82) is 0 Å². The van der Waals surface area contributed by atoms with E-state index in [-0.39, 0.29) is 12.1 Å². The molecule has 0 aliphatic heterocycles. The zero-order chi connectivity index (χ0) is 12.0. The van der Waals surface area contributed by atoms with Crippen LogP contribution in [0.3, 0.4) is 0 Å². The number of nitrogens with two attached hydrogens (primary N) is 1. The Morgan fingerprint density at radius 3 is 2.38 bits per heavy atom. The molecule has 16 heavy (non-hydrogen) atoms. The second-order valence-corrected chi connectivity index (χ2v) is 4.31. The van der Waals surface area contributed by atoms with E-state index in [1.165, 1.54) is 5.56 Å². The molecule has 1 aromatic carbocycles. The van der Waals surface area contributed by atoms with Crippen molar-refractivity contribution in [3.63, 3.8) is 0 Å². The second kappa shape index (κ2) is 6.51. The van der Waals surface area contributed by atoms with Gasteiger partial charge in [-0.3, -0.25) is 0 Å². The lowest BCUT2D eigenvalue weighted by Gasteiger charge is -2.09. The van der Waals surface area contributed by atoms with Gasteiger partial charge in [-0.15, -0.1) is 0 Å². The molecule has 0 aromatic heterocycles. The summed E-state index contributed by atoms with van der Waals surface area (Å²) in [6, 6.07) is 8.13. The van der Waals surface area contributed by atoms with Crippen LogP contribution in [0.5, 0.6) is 5.75 Å². The third kappa shape index (κ3) is 5.14. The van der Waals surface area contributed by atoms with Gasteiger partial charge in [-0.1, -0.05) is 12.1 Å². The number of aliphatic hydroxyl groups is 1. The van der Waals surface area contributed by atoms with E-state index in [1.807, 2.05) is 31.2 Å². The van der Waals surface area contributed by atoms with Gasteiger partial charge in [-0.05, 0) is 38.0 Å². The summed E-state index contributed by atoms with van der Waals surface area (Å²) >= 11 is 0. The van der Waals surface area contributed by atoms with Gasteiger partial charge in [0, 0.05) is 12.5 Å². The van der Waals surface area contributed by atoms with Crippen LogP contribution in [-0.2, 0) is 6.42 Å². The van der Waals surface area contributed by atoms with Crippen LogP contribution < -0.4 is 10.5 Å². The topological polar surface area (TPSA) is 55.5 Å². The Labute approximate surface area is 97.2 Å². The fraction of sp³-hybridized carbons (Fsp3) is 0.538. The first kappa shape index (κ1) is 13.0. The normalized spacial score (nSPS) is 14.5. The summed E-state index contributed by atoms with van der Waals surface area (Å²) in [6.07, 6.45) is 1.23. The Bertz CT molecular complexity index is 293. The molecular weight excluding hydrogens is 202 g/mol. The molecule has 3 heteroatoms. The summed E-state index contributed by atoms with van der Waals surface area (Å²) in [5.41, 5.74) is 6.94. The largest absolute Gasteiger partial charge is 0.493 e. The van der Waals surface area contributed by atoms with Crippen molar-refractivity contribution >= 4 is 0 Å². The van der Waals surface area contributed by atoms with Crippen molar-refractivity contribution in [2.75, 3.05) is 6.61 Å². The first-order valence-corrected chi connectivity index (χ1v) is 5.73. The van der Waals surface area contributed by atoms with E-state index in [0.717, 1.165) is 12.2 Å². The maximum Gasteiger partial charge on any atom is 0.119 e. The number of rotatable bonds is 6. The standard InChI is InChI=1S/C13H21NO2/c1-10(14)9-12-3-5-13(6-4-12)16-8-7-11(2)15/h3-6,10-11,15H,7-9,14H2,1-2H3. The van der Waals surface area contributed by atoms with Crippen LogP contribution in [0.2, 0.25) is 0 Å². The van der Waals surface area contributed by atoms with Gasteiger partial charge in [0.15, 0.2) is 0 Å². The predicted octanol–water partition coefficient (Wildman–Crippen LogP) is 1.73. The van der Waals surface area contributed by atoms with Crippen LogP contribution in [0.1, 0.15) is 25.8 Å². The first-order chi connectivity index (χ1) is 7.58. The predicted molar refractivity (Wildman–Crippen MR) is 65.6 cm³/mol. The van der Waals surface area contributed by atoms with Gasteiger partial charge in [-0.25, -0.2) is 0 Å². The molecule has 1 rings (SSSR count). The lowest BCUT2D eigenvalue weighted by atomic mass is 10.1. The van der Waals surface area contributed by atoms with Crippen LogP contribution in [0, 0.1) is 0 Å². The molecule has 0 aliphatic carbocycles. The van der Waals surface area contributed by atoms with Crippen molar-refractivity contribution in [3.05, 3.63) is 29.8 Å². The van der Waals surface area contributed by atoms with E-state index in [4.69, 9.17) is 15.6 Å². The zero-order valence-corrected chi connectivity index (χ0v) is 10.0. The molecule has 2 atom stereocenters. The quantitative estimate of drug-likeness (QED) is 0.772. The monoisotopic (exact) mass is 223 g/mol. The maximum absolute atomic E-state index is 9.08. The van der Waals surface area contributed by atoms with Crippen molar-refractivity contribution in [1.82, 2.24) is 0 Å². The van der Waals surface area contributed by atoms with E-state index >= 15 is 0 Å². The second-order valence-electron chi connectivity index (χ2n) is 4.31. The Hall–Kier alpha value is -1.06. The minimum Gasteiger partial charge on any atom is -0.493 e. The van der Waals surface area contributed by atoms with Crippen molar-refractivity contribution in [3.8, 4) is 5.75 Å². The zero-order valence-electron chi connectivity index (χ0n) is 10.0. The van der Waals surface area contributed by atoms with Crippen LogP contribution in [0.15, 0.2) is 24.3 Å². The first-order valence-electron chi connectivity index (χ1n) is 5.73. The molecule has 0 saturated carbocycles. The minimum atomic E-state index is -0.308. The lowest BCUT2D eigenvalue weighted by molar-refractivity contribution is 0.155. The minimum absolute atomic E-state index is 0.182. The lowest BCUT2D eigenvalue weighted by Crippen LogP contribution is -2.17. The summed E-state index contributed by atoms with van der Waals surface area (Å²) < 4.78 is 5.49. The van der Waals surface area contributed by atoms with Gasteiger partial charge in [0.25, 0.3) is 0 Å². The molecule has 0 radical (unpaired) electrons. The summed E-state index contributed by atoms with van der Waals surface area (Å²) in [6.45, 7) is 4.30. The van der Waals surface area contributed by atoms with E-state index < -0.39 is 0 Å². The fourth-order valence-corrected chi connectivity index (χ4v) is 1.44. The number of hydrogen-bond acceptors (Lipinski definition) is 3. The highest BCUT2D eigenvalue weighted by Crippen LogP contribution is 2.13. The molecule has 3 nitrogen and oxygen atoms in total. The van der Waals surface area contributed by atoms with E-state index in [2.05, 4.69) is 0 Å². The third-order valence-corrected chi connectivity index (χ3v) is 2.29. The van der Waals surface area contributed by atoms with Gasteiger partial charge in [-0.2, -0.15) is 0 Å². The van der Waals surface area contributed by atoms with Crippen LogP contribution in [0.4, 0.5) is 0 Å². The molecule has 0 saturated heterocycles. The van der Waals surface area contributed by atoms with Gasteiger partial charge < -0.3 is 15.6 Å². The van der Waals surface area contributed by atoms with Crippen molar-refractivity contribution in [2.24, 2.45) is 5.73 Å². The summed E-state index contributed by atoms with van der Waals surface area (Å²) in [5, 5.41) is 9.08. The SMILES string of the molecule is CC(N)Cc1ccc(OCCC(C)O)cc1. The highest BCUT2D eigenvalue weighted by Gasteiger charge is 2.00. The smallest absolute Gasteiger partial charge is 0.119 e. The molecule has 0 spiro atoms. The Morgan fingerprint density at radius 2 is 1.88 bits per heavy atom. The van der Waals surface area contributed by atoms with Crippen molar-refractivity contribution < 1.29 is 9.84 Å². The molecule has 0 heterocycles. The molecule has 0 bridgehead atoms. The molecule has 0 fully saturated rings. The third-order valence-electron chi connectivity index (χ3n) is 2.29. The van der Waals surface area contributed by atoms with Gasteiger partial charge in [0.2, 0.25) is 0 Å². The molecule has 3 N–H and O–H groups in total. The van der Waals surface area contributed by atoms with Crippen LogP contribution in [0.25, 0.3) is 0 Å². The highest BCUT2D eigenvalue weighted by molar-refractivity contribution is 5.27. The van der Waals surface area contributed by atoms with Crippen LogP contribution in [-0.4, -0.2) is 23.9 Å². The van der Waals surface area contributed by atoms with E-state index in [9.17, 15) is 0 Å². The summed E-state index contributed by atoms with van der Waals surface area (Å²) in [4.78, 5) is 0. The summed E-state index contributed by atoms with van der Waals surface area (Å²) in [7, 11) is 0. The average molecular weight is 223 g/mol. The number of aliphatic hydroxyl groups excluding tert-OH is 1. The number of ether oxygens (including phenoxy) is 1. The molecule has 90 valence electrons. The van der Waals surface area contributed by atoms with Gasteiger partial charge in [0.1, 0.15) is 5.75 Å². The average Bonchev–Trinajstić information content (AvgIpc) is 2.19. The summed E-state index contributed by atoms with van der Waals surface area (Å²) in [5.74, 6) is 0.842. The van der Waals surface area contributed by atoms with Gasteiger partial charge in [0.05, 0.1) is 12.7 Å². The van der Waals surface area contributed by atoms with E-state index in [0.29, 0.717) is 13.0 Å². The molecule has 1 aromatic rings. The number of benzene rings is 1. The molecule has 0 aliphatic rings. The van der Waals surface area contributed by atoms with Crippen LogP contribution >= 0.6 is 0 Å². The highest BCUT2D eigenvalue weighted by atomic mass is 16.5. The molecular formula is C13H21NO2.